The predicted molar refractivity (Wildman–Crippen MR) is 125 cm³/mol. The van der Waals surface area contributed by atoms with Gasteiger partial charge in [-0.2, -0.15) is 9.65 Å². The lowest BCUT2D eigenvalue weighted by Gasteiger charge is -2.22. The molecule has 1 aromatic carbocycles. The molecular weight excluding hydrogens is 443 g/mol. The molecule has 168 valence electrons. The van der Waals surface area contributed by atoms with Crippen molar-refractivity contribution in [1.29, 1.82) is 5.26 Å². The molecule has 0 spiro atoms. The lowest BCUT2D eigenvalue weighted by molar-refractivity contribution is 0.443. The van der Waals surface area contributed by atoms with Gasteiger partial charge in [-0.15, -0.1) is 5.10 Å². The van der Waals surface area contributed by atoms with Gasteiger partial charge in [0.25, 0.3) is 0 Å². The zero-order valence-corrected chi connectivity index (χ0v) is 19.1. The number of nitrogens with one attached hydrogen (secondary N) is 3. The SMILES string of the molecule is CC(C)(C)CNc1c(C#N)cnc2c(Cl)cc(NC(c3ccc(F)nc3)c3c[nH]nn3)cc12. The zero-order valence-electron chi connectivity index (χ0n) is 18.3. The van der Waals surface area contributed by atoms with Crippen molar-refractivity contribution in [2.24, 2.45) is 5.41 Å². The highest BCUT2D eigenvalue weighted by Gasteiger charge is 2.20. The highest BCUT2D eigenvalue weighted by atomic mass is 35.5. The highest BCUT2D eigenvalue weighted by Crippen LogP contribution is 2.35. The maximum Gasteiger partial charge on any atom is 0.212 e. The predicted octanol–water partition coefficient (Wildman–Crippen LogP) is 5.07. The summed E-state index contributed by atoms with van der Waals surface area (Å²) in [5, 5.41) is 28.2. The van der Waals surface area contributed by atoms with Crippen molar-refractivity contribution in [3.05, 3.63) is 70.6 Å². The summed E-state index contributed by atoms with van der Waals surface area (Å²) in [5.74, 6) is -0.573. The first-order valence-corrected chi connectivity index (χ1v) is 10.6. The van der Waals surface area contributed by atoms with Gasteiger partial charge in [-0.05, 0) is 29.2 Å². The summed E-state index contributed by atoms with van der Waals surface area (Å²) in [7, 11) is 0. The molecule has 0 aliphatic carbocycles. The lowest BCUT2D eigenvalue weighted by atomic mass is 9.96. The molecule has 0 saturated carbocycles. The number of fused-ring (bicyclic) bond motifs is 1. The van der Waals surface area contributed by atoms with Crippen molar-refractivity contribution in [1.82, 2.24) is 25.4 Å². The molecule has 8 nitrogen and oxygen atoms in total. The first kappa shape index (κ1) is 22.4. The first-order valence-electron chi connectivity index (χ1n) is 10.3. The van der Waals surface area contributed by atoms with E-state index >= 15 is 0 Å². The number of hydrogen-bond acceptors (Lipinski definition) is 7. The quantitative estimate of drug-likeness (QED) is 0.341. The molecule has 0 aliphatic rings. The van der Waals surface area contributed by atoms with Gasteiger partial charge < -0.3 is 10.6 Å². The second-order valence-electron chi connectivity index (χ2n) is 8.82. The molecule has 10 heteroatoms. The molecule has 0 aliphatic heterocycles. The monoisotopic (exact) mass is 464 g/mol. The van der Waals surface area contributed by atoms with Crippen molar-refractivity contribution in [3.8, 4) is 6.07 Å². The molecule has 3 N–H and O–H groups in total. The molecule has 0 radical (unpaired) electrons. The molecule has 33 heavy (non-hydrogen) atoms. The molecule has 1 unspecified atom stereocenters. The van der Waals surface area contributed by atoms with E-state index in [2.05, 4.69) is 62.9 Å². The van der Waals surface area contributed by atoms with Crippen molar-refractivity contribution >= 4 is 33.9 Å². The Morgan fingerprint density at radius 3 is 2.67 bits per heavy atom. The molecule has 4 rings (SSSR count). The first-order chi connectivity index (χ1) is 15.7. The number of H-pyrrole nitrogens is 1. The maximum absolute atomic E-state index is 13.4. The molecule has 4 aromatic rings. The lowest BCUT2D eigenvalue weighted by Crippen LogP contribution is -2.20. The van der Waals surface area contributed by atoms with E-state index in [9.17, 15) is 9.65 Å². The normalized spacial score (nSPS) is 12.4. The van der Waals surface area contributed by atoms with Gasteiger partial charge in [0.1, 0.15) is 11.8 Å². The second kappa shape index (κ2) is 9.00. The van der Waals surface area contributed by atoms with Crippen LogP contribution in [0.3, 0.4) is 0 Å². The number of nitriles is 1. The van der Waals surface area contributed by atoms with Gasteiger partial charge in [0.2, 0.25) is 5.95 Å². The van der Waals surface area contributed by atoms with Gasteiger partial charge in [-0.3, -0.25) is 10.1 Å². The summed E-state index contributed by atoms with van der Waals surface area (Å²) in [4.78, 5) is 8.15. The van der Waals surface area contributed by atoms with Crippen LogP contribution in [0.2, 0.25) is 5.02 Å². The third kappa shape index (κ3) is 5.02. The summed E-state index contributed by atoms with van der Waals surface area (Å²) in [6, 6.07) is 8.28. The Balaban J connectivity index is 1.79. The minimum absolute atomic E-state index is 0.00436. The van der Waals surface area contributed by atoms with E-state index in [0.29, 0.717) is 50.7 Å². The molecule has 0 saturated heterocycles. The number of pyridine rings is 2. The number of aromatic nitrogens is 5. The van der Waals surface area contributed by atoms with Crippen LogP contribution in [0.25, 0.3) is 10.9 Å². The Morgan fingerprint density at radius 2 is 2.03 bits per heavy atom. The van der Waals surface area contributed by atoms with Crippen LogP contribution in [-0.2, 0) is 0 Å². The topological polar surface area (TPSA) is 115 Å². The van der Waals surface area contributed by atoms with E-state index in [1.165, 1.54) is 18.5 Å². The number of anilines is 2. The number of hydrogen-bond donors (Lipinski definition) is 3. The van der Waals surface area contributed by atoms with Crippen molar-refractivity contribution in [3.63, 3.8) is 0 Å². The molecule has 0 bridgehead atoms. The molecular formula is C23H22ClFN8. The second-order valence-corrected chi connectivity index (χ2v) is 9.22. The van der Waals surface area contributed by atoms with Gasteiger partial charge in [0.05, 0.1) is 27.8 Å². The number of halogens is 2. The van der Waals surface area contributed by atoms with Gasteiger partial charge in [0, 0.05) is 36.2 Å². The standard InChI is InChI=1S/C23H22ClFN8/c1-23(2,3)12-29-20-14(8-26)10-28-22-16(20)6-15(7-17(22)24)31-21(18-11-30-33-32-18)13-4-5-19(25)27-9-13/h4-7,9-11,21,31H,12H2,1-3H3,(H,28,29)(H,30,32,33). The molecule has 0 amide bonds. The van der Waals surface area contributed by atoms with Crippen LogP contribution in [0, 0.1) is 22.7 Å². The highest BCUT2D eigenvalue weighted by molar-refractivity contribution is 6.35. The van der Waals surface area contributed by atoms with Gasteiger partial charge in [-0.1, -0.05) is 43.7 Å². The minimum atomic E-state index is -0.573. The minimum Gasteiger partial charge on any atom is -0.383 e. The summed E-state index contributed by atoms with van der Waals surface area (Å²) < 4.78 is 13.4. The van der Waals surface area contributed by atoms with Crippen LogP contribution in [-0.4, -0.2) is 31.9 Å². The molecule has 3 aromatic heterocycles. The summed E-state index contributed by atoms with van der Waals surface area (Å²) in [6.45, 7) is 6.97. The van der Waals surface area contributed by atoms with Gasteiger partial charge in [-0.25, -0.2) is 4.98 Å². The van der Waals surface area contributed by atoms with Crippen molar-refractivity contribution in [2.45, 2.75) is 26.8 Å². The Kier molecular flexibility index (Phi) is 6.11. The zero-order chi connectivity index (χ0) is 23.6. The van der Waals surface area contributed by atoms with Crippen molar-refractivity contribution in [2.75, 3.05) is 17.2 Å². The fourth-order valence-electron chi connectivity index (χ4n) is 3.38. The third-order valence-electron chi connectivity index (χ3n) is 4.97. The fourth-order valence-corrected chi connectivity index (χ4v) is 3.64. The number of nitrogens with zero attached hydrogens (tertiary/aromatic N) is 5. The average molecular weight is 465 g/mol. The van der Waals surface area contributed by atoms with Gasteiger partial charge in [0.15, 0.2) is 0 Å². The van der Waals surface area contributed by atoms with Crippen LogP contribution in [0.4, 0.5) is 15.8 Å². The van der Waals surface area contributed by atoms with E-state index in [-0.39, 0.29) is 5.41 Å². The Morgan fingerprint density at radius 1 is 1.21 bits per heavy atom. The summed E-state index contributed by atoms with van der Waals surface area (Å²) in [5.41, 5.74) is 3.63. The van der Waals surface area contributed by atoms with Crippen molar-refractivity contribution < 1.29 is 4.39 Å². The number of rotatable bonds is 6. The maximum atomic E-state index is 13.4. The van der Waals surface area contributed by atoms with E-state index in [1.807, 2.05) is 6.07 Å². The fraction of sp³-hybridized carbons (Fsp3) is 0.261. The van der Waals surface area contributed by atoms with E-state index < -0.39 is 12.0 Å². The molecule has 3 heterocycles. The Bertz CT molecular complexity index is 1310. The van der Waals surface area contributed by atoms with Crippen LogP contribution in [0.1, 0.15) is 43.6 Å². The van der Waals surface area contributed by atoms with Gasteiger partial charge >= 0.3 is 0 Å². The summed E-state index contributed by atoms with van der Waals surface area (Å²) >= 11 is 6.59. The molecule has 1 atom stereocenters. The average Bonchev–Trinajstić information content (AvgIpc) is 3.30. The molecule has 0 fully saturated rings. The third-order valence-corrected chi connectivity index (χ3v) is 5.25. The smallest absolute Gasteiger partial charge is 0.212 e. The number of aromatic amines is 1. The van der Waals surface area contributed by atoms with Crippen LogP contribution >= 0.6 is 11.6 Å². The van der Waals surface area contributed by atoms with E-state index in [4.69, 9.17) is 11.6 Å². The van der Waals surface area contributed by atoms with E-state index in [0.717, 1.165) is 0 Å². The Labute approximate surface area is 195 Å². The Hall–Kier alpha value is -3.77. The van der Waals surface area contributed by atoms with Crippen LogP contribution in [0.5, 0.6) is 0 Å². The summed E-state index contributed by atoms with van der Waals surface area (Å²) in [6.07, 6.45) is 4.61. The van der Waals surface area contributed by atoms with Crippen LogP contribution < -0.4 is 10.6 Å². The van der Waals surface area contributed by atoms with Crippen LogP contribution in [0.15, 0.2) is 42.9 Å². The number of benzene rings is 1. The van der Waals surface area contributed by atoms with E-state index in [1.54, 1.807) is 18.3 Å². The largest absolute Gasteiger partial charge is 0.383 e.